The number of hydrogen-bond donors (Lipinski definition) is 2. The lowest BCUT2D eigenvalue weighted by atomic mass is 9.88. The van der Waals surface area contributed by atoms with Gasteiger partial charge in [0.1, 0.15) is 5.69 Å². The highest BCUT2D eigenvalue weighted by molar-refractivity contribution is 5.92. The Labute approximate surface area is 99.1 Å². The largest absolute Gasteiger partial charge is 0.481 e. The van der Waals surface area contributed by atoms with Crippen molar-refractivity contribution in [1.29, 1.82) is 0 Å². The number of amides is 1. The van der Waals surface area contributed by atoms with E-state index < -0.39 is 17.3 Å². The number of nitrogens with zero attached hydrogens (tertiary/aromatic N) is 2. The van der Waals surface area contributed by atoms with Gasteiger partial charge in [-0.1, -0.05) is 6.92 Å². The van der Waals surface area contributed by atoms with Crippen LogP contribution < -0.4 is 5.32 Å². The van der Waals surface area contributed by atoms with E-state index >= 15 is 0 Å². The summed E-state index contributed by atoms with van der Waals surface area (Å²) in [5.74, 6) is -1.35. The minimum Gasteiger partial charge on any atom is -0.481 e. The average molecular weight is 237 g/mol. The van der Waals surface area contributed by atoms with Gasteiger partial charge in [0.05, 0.1) is 11.6 Å². The molecule has 92 valence electrons. The maximum absolute atomic E-state index is 11.6. The highest BCUT2D eigenvalue weighted by Gasteiger charge is 2.31. The molecule has 1 heterocycles. The number of nitrogens with one attached hydrogen (secondary N) is 1. The molecular weight excluding hydrogens is 222 g/mol. The van der Waals surface area contributed by atoms with Crippen molar-refractivity contribution in [2.75, 3.05) is 6.54 Å². The molecule has 1 unspecified atom stereocenters. The Morgan fingerprint density at radius 1 is 1.47 bits per heavy atom. The minimum absolute atomic E-state index is 0.0637. The third-order valence-electron chi connectivity index (χ3n) is 2.73. The lowest BCUT2D eigenvalue weighted by Crippen LogP contribution is -2.40. The number of rotatable bonds is 5. The van der Waals surface area contributed by atoms with Crippen LogP contribution in [0, 0.1) is 5.41 Å². The molecule has 0 fully saturated rings. The molecule has 1 amide bonds. The molecule has 0 saturated heterocycles. The van der Waals surface area contributed by atoms with Crippen molar-refractivity contribution < 1.29 is 14.7 Å². The van der Waals surface area contributed by atoms with E-state index in [-0.39, 0.29) is 12.2 Å². The maximum Gasteiger partial charge on any atom is 0.311 e. The molecule has 1 aromatic rings. The van der Waals surface area contributed by atoms with Crippen LogP contribution in [0.4, 0.5) is 0 Å². The number of carbonyl (C=O) groups is 2. The number of carboxylic acid groups (broad SMARTS) is 1. The second-order valence-corrected chi connectivity index (χ2v) is 3.99. The van der Waals surface area contributed by atoms with Crippen LogP contribution >= 0.6 is 0 Å². The molecule has 1 atom stereocenters. The maximum atomic E-state index is 11.6. The van der Waals surface area contributed by atoms with Gasteiger partial charge in [-0.25, -0.2) is 4.98 Å². The van der Waals surface area contributed by atoms with Crippen LogP contribution in [0.5, 0.6) is 0 Å². The zero-order valence-corrected chi connectivity index (χ0v) is 9.80. The lowest BCUT2D eigenvalue weighted by molar-refractivity contribution is -0.147. The van der Waals surface area contributed by atoms with E-state index in [4.69, 9.17) is 5.11 Å². The summed E-state index contributed by atoms with van der Waals surface area (Å²) >= 11 is 0. The fourth-order valence-corrected chi connectivity index (χ4v) is 1.13. The van der Waals surface area contributed by atoms with Gasteiger partial charge in [-0.3, -0.25) is 14.6 Å². The molecular formula is C11H15N3O3. The molecule has 1 aromatic heterocycles. The Morgan fingerprint density at radius 2 is 2.18 bits per heavy atom. The summed E-state index contributed by atoms with van der Waals surface area (Å²) in [4.78, 5) is 30.2. The average Bonchev–Trinajstić information content (AvgIpc) is 2.36. The van der Waals surface area contributed by atoms with Gasteiger partial charge in [0.15, 0.2) is 0 Å². The molecule has 0 aromatic carbocycles. The van der Waals surface area contributed by atoms with Crippen molar-refractivity contribution in [2.24, 2.45) is 5.41 Å². The van der Waals surface area contributed by atoms with Gasteiger partial charge in [-0.2, -0.15) is 0 Å². The summed E-state index contributed by atoms with van der Waals surface area (Å²) < 4.78 is 0. The van der Waals surface area contributed by atoms with E-state index in [2.05, 4.69) is 15.3 Å². The van der Waals surface area contributed by atoms with Crippen LogP contribution in [0.15, 0.2) is 18.6 Å². The van der Waals surface area contributed by atoms with Crippen LogP contribution in [0.1, 0.15) is 30.8 Å². The monoisotopic (exact) mass is 237 g/mol. The van der Waals surface area contributed by atoms with Crippen LogP contribution in [0.2, 0.25) is 0 Å². The predicted octanol–water partition coefficient (Wildman–Crippen LogP) is 0.707. The zero-order chi connectivity index (χ0) is 12.9. The third-order valence-corrected chi connectivity index (χ3v) is 2.73. The first-order chi connectivity index (χ1) is 7.99. The molecule has 6 heteroatoms. The van der Waals surface area contributed by atoms with E-state index in [1.54, 1.807) is 13.8 Å². The molecule has 2 N–H and O–H groups in total. The number of carbonyl (C=O) groups excluding carboxylic acids is 1. The molecule has 0 aliphatic heterocycles. The van der Waals surface area contributed by atoms with Gasteiger partial charge >= 0.3 is 5.97 Å². The number of carboxylic acids is 1. The fraction of sp³-hybridized carbons (Fsp3) is 0.455. The molecule has 17 heavy (non-hydrogen) atoms. The zero-order valence-electron chi connectivity index (χ0n) is 9.80. The standard InChI is InChI=1S/C11H15N3O3/c1-3-11(2,10(16)17)7-14-9(15)8-6-12-4-5-13-8/h4-6H,3,7H2,1-2H3,(H,14,15)(H,16,17). The lowest BCUT2D eigenvalue weighted by Gasteiger charge is -2.22. The molecule has 6 nitrogen and oxygen atoms in total. The van der Waals surface area contributed by atoms with Crippen molar-refractivity contribution in [3.05, 3.63) is 24.3 Å². The molecule has 0 aliphatic carbocycles. The second kappa shape index (κ2) is 5.38. The number of aromatic nitrogens is 2. The second-order valence-electron chi connectivity index (χ2n) is 3.99. The smallest absolute Gasteiger partial charge is 0.311 e. The van der Waals surface area contributed by atoms with E-state index in [9.17, 15) is 9.59 Å². The predicted molar refractivity (Wildman–Crippen MR) is 60.4 cm³/mol. The van der Waals surface area contributed by atoms with E-state index in [1.165, 1.54) is 18.6 Å². The van der Waals surface area contributed by atoms with E-state index in [1.807, 2.05) is 0 Å². The molecule has 0 spiro atoms. The van der Waals surface area contributed by atoms with Gasteiger partial charge in [0.25, 0.3) is 5.91 Å². The Hall–Kier alpha value is -1.98. The number of aliphatic carboxylic acids is 1. The minimum atomic E-state index is -0.960. The van der Waals surface area contributed by atoms with Gasteiger partial charge in [-0.15, -0.1) is 0 Å². The topological polar surface area (TPSA) is 92.2 Å². The summed E-state index contributed by atoms with van der Waals surface area (Å²) in [5, 5.41) is 11.6. The summed E-state index contributed by atoms with van der Waals surface area (Å²) in [6.07, 6.45) is 4.64. The Morgan fingerprint density at radius 3 is 2.65 bits per heavy atom. The summed E-state index contributed by atoms with van der Waals surface area (Å²) in [6.45, 7) is 3.42. The van der Waals surface area contributed by atoms with Gasteiger partial charge in [0, 0.05) is 18.9 Å². The van der Waals surface area contributed by atoms with Gasteiger partial charge in [-0.05, 0) is 13.3 Å². The van der Waals surface area contributed by atoms with Crippen molar-refractivity contribution in [2.45, 2.75) is 20.3 Å². The van der Waals surface area contributed by atoms with Gasteiger partial charge in [0.2, 0.25) is 0 Å². The Kier molecular flexibility index (Phi) is 4.14. The van der Waals surface area contributed by atoms with Crippen LogP contribution in [0.25, 0.3) is 0 Å². The van der Waals surface area contributed by atoms with Crippen molar-refractivity contribution >= 4 is 11.9 Å². The molecule has 0 bridgehead atoms. The van der Waals surface area contributed by atoms with Crippen LogP contribution in [-0.4, -0.2) is 33.5 Å². The third kappa shape index (κ3) is 3.24. The molecule has 1 rings (SSSR count). The first-order valence-corrected chi connectivity index (χ1v) is 5.27. The normalized spacial score (nSPS) is 13.8. The van der Waals surface area contributed by atoms with Crippen LogP contribution in [-0.2, 0) is 4.79 Å². The fourth-order valence-electron chi connectivity index (χ4n) is 1.13. The van der Waals surface area contributed by atoms with E-state index in [0.717, 1.165) is 0 Å². The van der Waals surface area contributed by atoms with Gasteiger partial charge < -0.3 is 10.4 Å². The van der Waals surface area contributed by atoms with Crippen molar-refractivity contribution in [1.82, 2.24) is 15.3 Å². The summed E-state index contributed by atoms with van der Waals surface area (Å²) in [5.41, 5.74) is -0.783. The highest BCUT2D eigenvalue weighted by Crippen LogP contribution is 2.19. The van der Waals surface area contributed by atoms with E-state index in [0.29, 0.717) is 6.42 Å². The van der Waals surface area contributed by atoms with Crippen molar-refractivity contribution in [3.63, 3.8) is 0 Å². The first kappa shape index (κ1) is 13.1. The molecule has 0 aliphatic rings. The summed E-state index contributed by atoms with van der Waals surface area (Å²) in [6, 6.07) is 0. The summed E-state index contributed by atoms with van der Waals surface area (Å²) in [7, 11) is 0. The molecule has 0 saturated carbocycles. The quantitative estimate of drug-likeness (QED) is 0.786. The SMILES string of the molecule is CCC(C)(CNC(=O)c1cnccn1)C(=O)O. The first-order valence-electron chi connectivity index (χ1n) is 5.27. The van der Waals surface area contributed by atoms with Crippen LogP contribution in [0.3, 0.4) is 0 Å². The van der Waals surface area contributed by atoms with Crippen molar-refractivity contribution in [3.8, 4) is 0 Å². The number of hydrogen-bond acceptors (Lipinski definition) is 4. The Balaban J connectivity index is 2.63. The molecule has 0 radical (unpaired) electrons. The highest BCUT2D eigenvalue weighted by atomic mass is 16.4. The Bertz CT molecular complexity index is 408.